The molecule has 2 aliphatic rings. The molecular formula is C17H29NO4. The Bertz CT molecular complexity index is 409. The SMILES string of the molecule is CC(C)(C)OC(=O)N1CC(C2CCCCC2)CCC1C(=O)O. The van der Waals surface area contributed by atoms with Gasteiger partial charge in [0.25, 0.3) is 0 Å². The highest BCUT2D eigenvalue weighted by Gasteiger charge is 2.40. The second-order valence-corrected chi connectivity index (χ2v) is 7.72. The Morgan fingerprint density at radius 2 is 1.64 bits per heavy atom. The van der Waals surface area contributed by atoms with Crippen molar-refractivity contribution in [2.24, 2.45) is 11.8 Å². The van der Waals surface area contributed by atoms with Crippen LogP contribution in [-0.2, 0) is 9.53 Å². The van der Waals surface area contributed by atoms with Gasteiger partial charge in [-0.2, -0.15) is 0 Å². The maximum Gasteiger partial charge on any atom is 0.411 e. The minimum atomic E-state index is -0.923. The Morgan fingerprint density at radius 1 is 1.00 bits per heavy atom. The molecule has 5 nitrogen and oxygen atoms in total. The third-order valence-corrected chi connectivity index (χ3v) is 4.85. The summed E-state index contributed by atoms with van der Waals surface area (Å²) >= 11 is 0. The lowest BCUT2D eigenvalue weighted by atomic mass is 9.75. The zero-order chi connectivity index (χ0) is 16.3. The highest BCUT2D eigenvalue weighted by molar-refractivity contribution is 5.80. The van der Waals surface area contributed by atoms with Crippen LogP contribution in [0.25, 0.3) is 0 Å². The van der Waals surface area contributed by atoms with Crippen molar-refractivity contribution in [2.75, 3.05) is 6.54 Å². The van der Waals surface area contributed by atoms with Gasteiger partial charge in [-0.05, 0) is 45.4 Å². The van der Waals surface area contributed by atoms with Gasteiger partial charge in [-0.25, -0.2) is 9.59 Å². The molecule has 1 aliphatic heterocycles. The molecule has 0 spiro atoms. The average Bonchev–Trinajstić information content (AvgIpc) is 2.45. The molecule has 2 fully saturated rings. The number of likely N-dealkylation sites (tertiary alicyclic amines) is 1. The van der Waals surface area contributed by atoms with Gasteiger partial charge in [0.15, 0.2) is 0 Å². The lowest BCUT2D eigenvalue weighted by molar-refractivity contribution is -0.145. The molecule has 0 aromatic carbocycles. The number of nitrogens with zero attached hydrogens (tertiary/aromatic N) is 1. The Hall–Kier alpha value is -1.26. The normalized spacial score (nSPS) is 27.5. The van der Waals surface area contributed by atoms with E-state index in [0.717, 1.165) is 6.42 Å². The minimum absolute atomic E-state index is 0.420. The molecule has 1 amide bonds. The molecule has 1 aliphatic carbocycles. The number of carboxylic acids is 1. The molecule has 1 heterocycles. The first kappa shape index (κ1) is 17.1. The van der Waals surface area contributed by atoms with Gasteiger partial charge in [0.05, 0.1) is 0 Å². The second-order valence-electron chi connectivity index (χ2n) is 7.72. The molecule has 22 heavy (non-hydrogen) atoms. The van der Waals surface area contributed by atoms with Gasteiger partial charge >= 0.3 is 12.1 Å². The number of piperidine rings is 1. The predicted octanol–water partition coefficient (Wildman–Crippen LogP) is 3.67. The summed E-state index contributed by atoms with van der Waals surface area (Å²) in [7, 11) is 0. The molecule has 2 rings (SSSR count). The quantitative estimate of drug-likeness (QED) is 0.845. The van der Waals surface area contributed by atoms with Crippen LogP contribution in [0.4, 0.5) is 4.79 Å². The van der Waals surface area contributed by atoms with Crippen LogP contribution >= 0.6 is 0 Å². The Kier molecular flexibility index (Phi) is 5.35. The van der Waals surface area contributed by atoms with Gasteiger partial charge in [0.1, 0.15) is 11.6 Å². The highest BCUT2D eigenvalue weighted by Crippen LogP contribution is 2.36. The van der Waals surface area contributed by atoms with Crippen molar-refractivity contribution in [3.05, 3.63) is 0 Å². The summed E-state index contributed by atoms with van der Waals surface area (Å²) < 4.78 is 5.42. The zero-order valence-electron chi connectivity index (χ0n) is 14.0. The van der Waals surface area contributed by atoms with Gasteiger partial charge in [-0.3, -0.25) is 4.90 Å². The van der Waals surface area contributed by atoms with E-state index >= 15 is 0 Å². The maximum absolute atomic E-state index is 12.4. The van der Waals surface area contributed by atoms with Crippen LogP contribution in [0.2, 0.25) is 0 Å². The van der Waals surface area contributed by atoms with E-state index in [-0.39, 0.29) is 0 Å². The fourth-order valence-corrected chi connectivity index (χ4v) is 3.77. The fraction of sp³-hybridized carbons (Fsp3) is 0.882. The first-order chi connectivity index (χ1) is 10.3. The number of amides is 1. The van der Waals surface area contributed by atoms with Crippen LogP contribution in [0, 0.1) is 11.8 Å². The highest BCUT2D eigenvalue weighted by atomic mass is 16.6. The molecule has 2 unspecified atom stereocenters. The van der Waals surface area contributed by atoms with Crippen molar-refractivity contribution < 1.29 is 19.4 Å². The van der Waals surface area contributed by atoms with Gasteiger partial charge < -0.3 is 9.84 Å². The maximum atomic E-state index is 12.4. The van der Waals surface area contributed by atoms with Crippen molar-refractivity contribution >= 4 is 12.1 Å². The zero-order valence-corrected chi connectivity index (χ0v) is 14.0. The molecule has 0 radical (unpaired) electrons. The number of carboxylic acid groups (broad SMARTS) is 1. The standard InChI is InChI=1S/C17H29NO4/c1-17(2,3)22-16(21)18-11-13(9-10-14(18)15(19)20)12-7-5-4-6-8-12/h12-14H,4-11H2,1-3H3,(H,19,20). The van der Waals surface area contributed by atoms with Crippen LogP contribution in [0.5, 0.6) is 0 Å². The van der Waals surface area contributed by atoms with Crippen LogP contribution in [0.1, 0.15) is 65.7 Å². The van der Waals surface area contributed by atoms with Crippen LogP contribution in [0.3, 0.4) is 0 Å². The third-order valence-electron chi connectivity index (χ3n) is 4.85. The lowest BCUT2D eigenvalue weighted by Gasteiger charge is -2.41. The molecule has 0 aromatic heterocycles. The number of hydrogen-bond donors (Lipinski definition) is 1. The summed E-state index contributed by atoms with van der Waals surface area (Å²) in [4.78, 5) is 25.3. The first-order valence-electron chi connectivity index (χ1n) is 8.50. The molecule has 0 aromatic rings. The molecule has 126 valence electrons. The Morgan fingerprint density at radius 3 is 2.18 bits per heavy atom. The van der Waals surface area contributed by atoms with E-state index in [0.29, 0.717) is 24.8 Å². The molecular weight excluding hydrogens is 282 g/mol. The van der Waals surface area contributed by atoms with Crippen molar-refractivity contribution in [2.45, 2.75) is 77.4 Å². The van der Waals surface area contributed by atoms with E-state index in [4.69, 9.17) is 4.74 Å². The number of aliphatic carboxylic acids is 1. The van der Waals surface area contributed by atoms with E-state index in [2.05, 4.69) is 0 Å². The summed E-state index contributed by atoms with van der Waals surface area (Å²) in [6.45, 7) is 5.95. The molecule has 1 saturated carbocycles. The number of rotatable bonds is 2. The molecule has 1 saturated heterocycles. The number of ether oxygens (including phenoxy) is 1. The van der Waals surface area contributed by atoms with Crippen molar-refractivity contribution in [1.29, 1.82) is 0 Å². The summed E-state index contributed by atoms with van der Waals surface area (Å²) in [6, 6.07) is -0.741. The van der Waals surface area contributed by atoms with E-state index in [9.17, 15) is 14.7 Å². The monoisotopic (exact) mass is 311 g/mol. The van der Waals surface area contributed by atoms with E-state index < -0.39 is 23.7 Å². The van der Waals surface area contributed by atoms with E-state index in [1.807, 2.05) is 20.8 Å². The number of carbonyl (C=O) groups is 2. The van der Waals surface area contributed by atoms with Crippen LogP contribution < -0.4 is 0 Å². The number of hydrogen-bond acceptors (Lipinski definition) is 3. The summed E-state index contributed by atoms with van der Waals surface area (Å²) in [6.07, 6.45) is 7.20. The summed E-state index contributed by atoms with van der Waals surface area (Å²) in [5.41, 5.74) is -0.599. The largest absolute Gasteiger partial charge is 0.480 e. The van der Waals surface area contributed by atoms with Crippen molar-refractivity contribution in [3.63, 3.8) is 0 Å². The summed E-state index contributed by atoms with van der Waals surface area (Å²) in [5.74, 6) is 0.129. The number of carbonyl (C=O) groups excluding carboxylic acids is 1. The average molecular weight is 311 g/mol. The van der Waals surface area contributed by atoms with E-state index in [1.54, 1.807) is 0 Å². The molecule has 2 atom stereocenters. The topological polar surface area (TPSA) is 66.8 Å². The smallest absolute Gasteiger partial charge is 0.411 e. The van der Waals surface area contributed by atoms with Crippen LogP contribution in [0.15, 0.2) is 0 Å². The van der Waals surface area contributed by atoms with Crippen molar-refractivity contribution in [1.82, 2.24) is 4.90 Å². The Labute approximate surface area is 133 Å². The van der Waals surface area contributed by atoms with Crippen LogP contribution in [-0.4, -0.2) is 40.3 Å². The van der Waals surface area contributed by atoms with Gasteiger partial charge in [0.2, 0.25) is 0 Å². The minimum Gasteiger partial charge on any atom is -0.480 e. The van der Waals surface area contributed by atoms with Gasteiger partial charge in [-0.15, -0.1) is 0 Å². The summed E-state index contributed by atoms with van der Waals surface area (Å²) in [5, 5.41) is 9.40. The molecule has 1 N–H and O–H groups in total. The Balaban J connectivity index is 2.06. The van der Waals surface area contributed by atoms with Gasteiger partial charge in [-0.1, -0.05) is 32.1 Å². The third kappa shape index (κ3) is 4.37. The van der Waals surface area contributed by atoms with Gasteiger partial charge in [0, 0.05) is 6.54 Å². The molecule has 5 heteroatoms. The fourth-order valence-electron chi connectivity index (χ4n) is 3.77. The predicted molar refractivity (Wildman–Crippen MR) is 83.7 cm³/mol. The van der Waals surface area contributed by atoms with Crippen molar-refractivity contribution in [3.8, 4) is 0 Å². The first-order valence-corrected chi connectivity index (χ1v) is 8.50. The molecule has 0 bridgehead atoms. The second kappa shape index (κ2) is 6.88. The van der Waals surface area contributed by atoms with E-state index in [1.165, 1.54) is 37.0 Å². The lowest BCUT2D eigenvalue weighted by Crippen LogP contribution is -2.53.